The van der Waals surface area contributed by atoms with Crippen LogP contribution in [0.2, 0.25) is 0 Å². The van der Waals surface area contributed by atoms with Crippen molar-refractivity contribution < 1.29 is 9.90 Å². The average molecular weight is 290 g/mol. The Balaban J connectivity index is 2.01. The monoisotopic (exact) mass is 290 g/mol. The molecule has 1 aliphatic rings. The lowest BCUT2D eigenvalue weighted by Gasteiger charge is -2.46. The molecule has 1 aromatic rings. The van der Waals surface area contributed by atoms with Crippen molar-refractivity contribution in [3.05, 3.63) is 29.6 Å². The van der Waals surface area contributed by atoms with Gasteiger partial charge in [0, 0.05) is 18.3 Å². The molecule has 3 atom stereocenters. The van der Waals surface area contributed by atoms with Crippen molar-refractivity contribution in [1.29, 1.82) is 0 Å². The van der Waals surface area contributed by atoms with Gasteiger partial charge < -0.3 is 10.4 Å². The van der Waals surface area contributed by atoms with Crippen molar-refractivity contribution >= 4 is 5.97 Å². The Hall–Kier alpha value is -1.42. The number of hydrogen-bond donors (Lipinski definition) is 2. The first-order chi connectivity index (χ1) is 9.82. The predicted octanol–water partition coefficient (Wildman–Crippen LogP) is 3.01. The first-order valence-electron chi connectivity index (χ1n) is 7.71. The maximum Gasteiger partial charge on any atom is 0.307 e. The van der Waals surface area contributed by atoms with Gasteiger partial charge in [-0.1, -0.05) is 26.8 Å². The topological polar surface area (TPSA) is 62.2 Å². The molecule has 1 aliphatic carbocycles. The standard InChI is InChI=1S/C17H26N2O2/c1-11-6-5-7-13(19-11)10-18-15-9-8-14(16(20)21)17(3,4)12(15)2/h5-7,12,14-15,18H,8-10H2,1-4H3,(H,20,21). The number of nitrogens with zero attached hydrogens (tertiary/aromatic N) is 1. The second kappa shape index (κ2) is 6.14. The van der Waals surface area contributed by atoms with Crippen molar-refractivity contribution in [2.24, 2.45) is 17.3 Å². The van der Waals surface area contributed by atoms with Gasteiger partial charge in [0.25, 0.3) is 0 Å². The van der Waals surface area contributed by atoms with Crippen LogP contribution in [0.15, 0.2) is 18.2 Å². The summed E-state index contributed by atoms with van der Waals surface area (Å²) in [6.45, 7) is 9.05. The highest BCUT2D eigenvalue weighted by molar-refractivity contribution is 5.71. The van der Waals surface area contributed by atoms with Crippen LogP contribution in [0, 0.1) is 24.2 Å². The van der Waals surface area contributed by atoms with Crippen LogP contribution in [0.5, 0.6) is 0 Å². The highest BCUT2D eigenvalue weighted by Crippen LogP contribution is 2.45. The van der Waals surface area contributed by atoms with Gasteiger partial charge in [0.1, 0.15) is 0 Å². The van der Waals surface area contributed by atoms with Gasteiger partial charge in [0.05, 0.1) is 11.6 Å². The van der Waals surface area contributed by atoms with E-state index in [9.17, 15) is 9.90 Å². The number of aliphatic carboxylic acids is 1. The minimum atomic E-state index is -0.661. The van der Waals surface area contributed by atoms with Gasteiger partial charge in [-0.3, -0.25) is 9.78 Å². The molecule has 0 amide bonds. The molecule has 116 valence electrons. The number of aryl methyl sites for hydroxylation is 1. The fourth-order valence-corrected chi connectivity index (χ4v) is 3.46. The van der Waals surface area contributed by atoms with Crippen LogP contribution in [0.4, 0.5) is 0 Å². The van der Waals surface area contributed by atoms with Crippen LogP contribution in [-0.4, -0.2) is 22.1 Å². The molecule has 2 N–H and O–H groups in total. The van der Waals surface area contributed by atoms with Gasteiger partial charge in [-0.15, -0.1) is 0 Å². The predicted molar refractivity (Wildman–Crippen MR) is 82.9 cm³/mol. The molecule has 1 fully saturated rings. The van der Waals surface area contributed by atoms with Gasteiger partial charge in [-0.2, -0.15) is 0 Å². The minimum Gasteiger partial charge on any atom is -0.481 e. The lowest BCUT2D eigenvalue weighted by molar-refractivity contribution is -0.150. The largest absolute Gasteiger partial charge is 0.481 e. The molecule has 1 heterocycles. The van der Waals surface area contributed by atoms with Crippen molar-refractivity contribution in [3.63, 3.8) is 0 Å². The molecule has 21 heavy (non-hydrogen) atoms. The van der Waals surface area contributed by atoms with Crippen LogP contribution >= 0.6 is 0 Å². The summed E-state index contributed by atoms with van der Waals surface area (Å²) in [5, 5.41) is 13.0. The van der Waals surface area contributed by atoms with Gasteiger partial charge in [-0.25, -0.2) is 0 Å². The minimum absolute atomic E-state index is 0.193. The normalized spacial score (nSPS) is 28.3. The molecule has 1 aromatic heterocycles. The highest BCUT2D eigenvalue weighted by atomic mass is 16.4. The van der Waals surface area contributed by atoms with Gasteiger partial charge in [0.2, 0.25) is 0 Å². The number of rotatable bonds is 4. The number of nitrogens with one attached hydrogen (secondary N) is 1. The van der Waals surface area contributed by atoms with Crippen LogP contribution < -0.4 is 5.32 Å². The summed E-state index contributed by atoms with van der Waals surface area (Å²) in [5.74, 6) is -0.592. The summed E-state index contributed by atoms with van der Waals surface area (Å²) in [7, 11) is 0. The molecule has 2 rings (SSSR count). The smallest absolute Gasteiger partial charge is 0.307 e. The van der Waals surface area contributed by atoms with E-state index in [4.69, 9.17) is 0 Å². The Morgan fingerprint density at radius 3 is 2.76 bits per heavy atom. The van der Waals surface area contributed by atoms with Crippen molar-refractivity contribution in [2.45, 2.75) is 53.1 Å². The number of carboxylic acids is 1. The summed E-state index contributed by atoms with van der Waals surface area (Å²) in [6, 6.07) is 6.39. The van der Waals surface area contributed by atoms with E-state index >= 15 is 0 Å². The van der Waals surface area contributed by atoms with Crippen LogP contribution in [0.3, 0.4) is 0 Å². The number of carboxylic acid groups (broad SMARTS) is 1. The Bertz CT molecular complexity index is 513. The van der Waals surface area contributed by atoms with E-state index < -0.39 is 5.97 Å². The zero-order valence-corrected chi connectivity index (χ0v) is 13.4. The quantitative estimate of drug-likeness (QED) is 0.895. The van der Waals surface area contributed by atoms with Crippen LogP contribution in [-0.2, 0) is 11.3 Å². The van der Waals surface area contributed by atoms with E-state index in [1.807, 2.05) is 25.1 Å². The molecule has 0 bridgehead atoms. The van der Waals surface area contributed by atoms with E-state index in [1.54, 1.807) is 0 Å². The molecule has 0 aliphatic heterocycles. The lowest BCUT2D eigenvalue weighted by Crippen LogP contribution is -2.50. The summed E-state index contributed by atoms with van der Waals surface area (Å²) in [4.78, 5) is 15.9. The molecule has 4 nitrogen and oxygen atoms in total. The van der Waals surface area contributed by atoms with E-state index in [0.29, 0.717) is 12.0 Å². The molecule has 4 heteroatoms. The lowest BCUT2D eigenvalue weighted by atomic mass is 9.61. The van der Waals surface area contributed by atoms with Gasteiger partial charge in [0.15, 0.2) is 0 Å². The van der Waals surface area contributed by atoms with Gasteiger partial charge in [-0.05, 0) is 43.2 Å². The van der Waals surface area contributed by atoms with Crippen LogP contribution in [0.25, 0.3) is 0 Å². The number of pyridine rings is 1. The summed E-state index contributed by atoms with van der Waals surface area (Å²) < 4.78 is 0. The van der Waals surface area contributed by atoms with E-state index in [1.165, 1.54) is 0 Å². The maximum absolute atomic E-state index is 11.4. The van der Waals surface area contributed by atoms with Gasteiger partial charge >= 0.3 is 5.97 Å². The maximum atomic E-state index is 11.4. The SMILES string of the molecule is Cc1cccc(CNC2CCC(C(=O)O)C(C)(C)C2C)n1. The Morgan fingerprint density at radius 2 is 2.14 bits per heavy atom. The third kappa shape index (κ3) is 3.43. The van der Waals surface area contributed by atoms with E-state index in [2.05, 4.69) is 31.1 Å². The average Bonchev–Trinajstić information content (AvgIpc) is 2.40. The Morgan fingerprint density at radius 1 is 1.43 bits per heavy atom. The highest BCUT2D eigenvalue weighted by Gasteiger charge is 2.45. The van der Waals surface area contributed by atoms with Crippen molar-refractivity contribution in [2.75, 3.05) is 0 Å². The molecule has 1 saturated carbocycles. The fraction of sp³-hybridized carbons (Fsp3) is 0.647. The zero-order chi connectivity index (χ0) is 15.6. The Labute approximate surface area is 127 Å². The second-order valence-electron chi connectivity index (χ2n) is 6.84. The first-order valence-corrected chi connectivity index (χ1v) is 7.71. The van der Waals surface area contributed by atoms with E-state index in [0.717, 1.165) is 30.8 Å². The molecule has 0 saturated heterocycles. The summed E-state index contributed by atoms with van der Waals surface area (Å²) >= 11 is 0. The zero-order valence-electron chi connectivity index (χ0n) is 13.4. The molecule has 0 radical (unpaired) electrons. The van der Waals surface area contributed by atoms with Crippen LogP contribution in [0.1, 0.15) is 45.0 Å². The fourth-order valence-electron chi connectivity index (χ4n) is 3.46. The van der Waals surface area contributed by atoms with Crippen molar-refractivity contribution in [1.82, 2.24) is 10.3 Å². The summed E-state index contributed by atoms with van der Waals surface area (Å²) in [6.07, 6.45) is 1.65. The molecule has 0 spiro atoms. The third-order valence-electron chi connectivity index (χ3n) is 5.23. The Kier molecular flexibility index (Phi) is 4.67. The molecular weight excluding hydrogens is 264 g/mol. The number of aromatic nitrogens is 1. The molecule has 0 aromatic carbocycles. The molecule has 3 unspecified atom stereocenters. The summed E-state index contributed by atoms with van der Waals surface area (Å²) in [5.41, 5.74) is 1.87. The first kappa shape index (κ1) is 16.0. The third-order valence-corrected chi connectivity index (χ3v) is 5.23. The van der Waals surface area contributed by atoms with Crippen molar-refractivity contribution in [3.8, 4) is 0 Å². The number of carbonyl (C=O) groups is 1. The number of hydrogen-bond acceptors (Lipinski definition) is 3. The molecular formula is C17H26N2O2. The second-order valence-corrected chi connectivity index (χ2v) is 6.84. The van der Waals surface area contributed by atoms with E-state index in [-0.39, 0.29) is 11.3 Å².